The minimum absolute atomic E-state index is 1.01. The third-order valence-electron chi connectivity index (χ3n) is 2.37. The molecule has 0 aliphatic heterocycles. The molecule has 0 amide bonds. The van der Waals surface area contributed by atoms with Gasteiger partial charge in [0.2, 0.25) is 0 Å². The van der Waals surface area contributed by atoms with Gasteiger partial charge in [0.1, 0.15) is 5.76 Å². The summed E-state index contributed by atoms with van der Waals surface area (Å²) in [4.78, 5) is 0. The Morgan fingerprint density at radius 2 is 1.92 bits per heavy atom. The summed E-state index contributed by atoms with van der Waals surface area (Å²) in [6.07, 6.45) is 5.87. The first-order chi connectivity index (χ1) is 6.42. The zero-order valence-electron chi connectivity index (χ0n) is 8.89. The summed E-state index contributed by atoms with van der Waals surface area (Å²) in [7, 11) is 0. The van der Waals surface area contributed by atoms with Crippen molar-refractivity contribution >= 4 is 0 Å². The van der Waals surface area contributed by atoms with E-state index in [0.29, 0.717) is 0 Å². The number of aromatic nitrogens is 1. The number of nitrogens with zero attached hydrogens (tertiary/aromatic N) is 1. The van der Waals surface area contributed by atoms with E-state index in [2.05, 4.69) is 12.1 Å². The van der Waals surface area contributed by atoms with Gasteiger partial charge in [0, 0.05) is 12.0 Å². The van der Waals surface area contributed by atoms with Gasteiger partial charge in [0.05, 0.1) is 5.69 Å². The molecule has 1 aromatic heterocycles. The summed E-state index contributed by atoms with van der Waals surface area (Å²) in [6, 6.07) is 0. The summed E-state index contributed by atoms with van der Waals surface area (Å²) in [5, 5.41) is 4.04. The van der Waals surface area contributed by atoms with Gasteiger partial charge in [-0.2, -0.15) is 0 Å². The Morgan fingerprint density at radius 3 is 2.62 bits per heavy atom. The minimum Gasteiger partial charge on any atom is -0.361 e. The molecule has 2 rings (SSSR count). The number of rotatable bonds is 1. The Labute approximate surface area is 80.3 Å². The van der Waals surface area contributed by atoms with Crippen LogP contribution in [0.2, 0.25) is 0 Å². The first-order valence-corrected chi connectivity index (χ1v) is 5.38. The third kappa shape index (κ3) is 2.11. The van der Waals surface area contributed by atoms with Crippen LogP contribution in [0, 0.1) is 0 Å². The molecular formula is C11H19NO. The standard InChI is InChI=1S/C9H13NO.C2H6/c1-2-8-7-5-3-4-6-9(7)11-10-8;1-2/h2-6H2,1H3;1-2H3. The molecule has 1 heterocycles. The first-order valence-electron chi connectivity index (χ1n) is 5.38. The summed E-state index contributed by atoms with van der Waals surface area (Å²) in [5.74, 6) is 1.15. The van der Waals surface area contributed by atoms with Gasteiger partial charge in [-0.1, -0.05) is 25.9 Å². The van der Waals surface area contributed by atoms with Crippen LogP contribution in [-0.2, 0) is 19.3 Å². The number of hydrogen-bond acceptors (Lipinski definition) is 2. The van der Waals surface area contributed by atoms with Crippen LogP contribution in [0.1, 0.15) is 50.6 Å². The third-order valence-corrected chi connectivity index (χ3v) is 2.37. The lowest BCUT2D eigenvalue weighted by Gasteiger charge is -2.07. The lowest BCUT2D eigenvalue weighted by molar-refractivity contribution is 0.368. The molecule has 0 saturated carbocycles. The van der Waals surface area contributed by atoms with Gasteiger partial charge in [-0.25, -0.2) is 0 Å². The van der Waals surface area contributed by atoms with Crippen LogP contribution < -0.4 is 0 Å². The number of fused-ring (bicyclic) bond motifs is 1. The van der Waals surface area contributed by atoms with Gasteiger partial charge in [-0.15, -0.1) is 0 Å². The van der Waals surface area contributed by atoms with Gasteiger partial charge in [0.15, 0.2) is 0 Å². The lowest BCUT2D eigenvalue weighted by atomic mass is 9.96. The quantitative estimate of drug-likeness (QED) is 0.665. The zero-order valence-corrected chi connectivity index (χ0v) is 8.89. The molecule has 0 spiro atoms. The predicted molar refractivity (Wildman–Crippen MR) is 53.9 cm³/mol. The van der Waals surface area contributed by atoms with Crippen LogP contribution >= 0.6 is 0 Å². The van der Waals surface area contributed by atoms with Crippen LogP contribution in [0.15, 0.2) is 4.52 Å². The molecule has 0 fully saturated rings. The van der Waals surface area contributed by atoms with E-state index in [0.717, 1.165) is 18.6 Å². The lowest BCUT2D eigenvalue weighted by Crippen LogP contribution is -2.00. The molecule has 1 aromatic rings. The number of hydrogen-bond donors (Lipinski definition) is 0. The Bertz CT molecular complexity index is 239. The Morgan fingerprint density at radius 1 is 1.23 bits per heavy atom. The van der Waals surface area contributed by atoms with Gasteiger partial charge < -0.3 is 4.52 Å². The second kappa shape index (κ2) is 5.05. The highest BCUT2D eigenvalue weighted by Gasteiger charge is 2.17. The Hall–Kier alpha value is -0.790. The van der Waals surface area contributed by atoms with E-state index in [9.17, 15) is 0 Å². The maximum Gasteiger partial charge on any atom is 0.140 e. The molecule has 0 N–H and O–H groups in total. The van der Waals surface area contributed by atoms with Gasteiger partial charge >= 0.3 is 0 Å². The molecule has 13 heavy (non-hydrogen) atoms. The highest BCUT2D eigenvalue weighted by molar-refractivity contribution is 5.25. The molecule has 2 heteroatoms. The van der Waals surface area contributed by atoms with Crippen molar-refractivity contribution in [2.24, 2.45) is 0 Å². The monoisotopic (exact) mass is 181 g/mol. The van der Waals surface area contributed by atoms with Crippen molar-refractivity contribution in [3.05, 3.63) is 17.0 Å². The van der Waals surface area contributed by atoms with Crippen LogP contribution in [0.3, 0.4) is 0 Å². The average molecular weight is 181 g/mol. The fourth-order valence-electron chi connectivity index (χ4n) is 1.73. The van der Waals surface area contributed by atoms with Crippen molar-refractivity contribution in [2.45, 2.75) is 52.9 Å². The van der Waals surface area contributed by atoms with Crippen molar-refractivity contribution in [1.29, 1.82) is 0 Å². The number of aryl methyl sites for hydroxylation is 2. The van der Waals surface area contributed by atoms with E-state index >= 15 is 0 Å². The highest BCUT2D eigenvalue weighted by Crippen LogP contribution is 2.23. The van der Waals surface area contributed by atoms with E-state index in [1.807, 2.05) is 13.8 Å². The van der Waals surface area contributed by atoms with Crippen molar-refractivity contribution in [2.75, 3.05) is 0 Å². The second-order valence-corrected chi connectivity index (χ2v) is 3.09. The topological polar surface area (TPSA) is 26.0 Å². The van der Waals surface area contributed by atoms with E-state index < -0.39 is 0 Å². The molecule has 74 valence electrons. The molecule has 2 nitrogen and oxygen atoms in total. The zero-order chi connectivity index (χ0) is 9.68. The summed E-state index contributed by atoms with van der Waals surface area (Å²) in [6.45, 7) is 6.13. The molecule has 0 unspecified atom stereocenters. The fourth-order valence-corrected chi connectivity index (χ4v) is 1.73. The predicted octanol–water partition coefficient (Wildman–Crippen LogP) is 3.14. The molecule has 0 radical (unpaired) electrons. The van der Waals surface area contributed by atoms with Gasteiger partial charge in [-0.05, 0) is 25.7 Å². The molecule has 0 saturated heterocycles. The van der Waals surface area contributed by atoms with E-state index in [1.165, 1.54) is 30.5 Å². The SMILES string of the molecule is CC.CCc1noc2c1CCCC2. The molecule has 1 aliphatic rings. The first kappa shape index (κ1) is 10.3. The molecule has 0 atom stereocenters. The summed E-state index contributed by atoms with van der Waals surface area (Å²) >= 11 is 0. The Balaban J connectivity index is 0.000000396. The molecule has 0 bridgehead atoms. The average Bonchev–Trinajstić information content (AvgIpc) is 2.64. The van der Waals surface area contributed by atoms with Crippen LogP contribution in [0.5, 0.6) is 0 Å². The van der Waals surface area contributed by atoms with Crippen LogP contribution in [-0.4, -0.2) is 5.16 Å². The van der Waals surface area contributed by atoms with Crippen LogP contribution in [0.25, 0.3) is 0 Å². The van der Waals surface area contributed by atoms with Crippen molar-refractivity contribution in [1.82, 2.24) is 5.16 Å². The van der Waals surface area contributed by atoms with Crippen molar-refractivity contribution < 1.29 is 4.52 Å². The maximum absolute atomic E-state index is 5.23. The van der Waals surface area contributed by atoms with E-state index in [4.69, 9.17) is 4.52 Å². The second-order valence-electron chi connectivity index (χ2n) is 3.09. The fraction of sp³-hybridized carbons (Fsp3) is 0.727. The van der Waals surface area contributed by atoms with Gasteiger partial charge in [0.25, 0.3) is 0 Å². The van der Waals surface area contributed by atoms with Gasteiger partial charge in [-0.3, -0.25) is 0 Å². The molecular weight excluding hydrogens is 162 g/mol. The molecule has 0 aromatic carbocycles. The van der Waals surface area contributed by atoms with Crippen molar-refractivity contribution in [3.63, 3.8) is 0 Å². The van der Waals surface area contributed by atoms with Crippen LogP contribution in [0.4, 0.5) is 0 Å². The maximum atomic E-state index is 5.23. The summed E-state index contributed by atoms with van der Waals surface area (Å²) in [5.41, 5.74) is 2.58. The van der Waals surface area contributed by atoms with E-state index in [1.54, 1.807) is 0 Å². The minimum atomic E-state index is 1.01. The Kier molecular flexibility index (Phi) is 4.00. The largest absolute Gasteiger partial charge is 0.361 e. The molecule has 1 aliphatic carbocycles. The van der Waals surface area contributed by atoms with Crippen molar-refractivity contribution in [3.8, 4) is 0 Å². The van der Waals surface area contributed by atoms with E-state index in [-0.39, 0.29) is 0 Å². The summed E-state index contributed by atoms with van der Waals surface area (Å²) < 4.78 is 5.23. The highest BCUT2D eigenvalue weighted by atomic mass is 16.5. The normalized spacial score (nSPS) is 14.4. The smallest absolute Gasteiger partial charge is 0.140 e.